The summed E-state index contributed by atoms with van der Waals surface area (Å²) < 4.78 is 0. The van der Waals surface area contributed by atoms with Crippen LogP contribution in [0.4, 0.5) is 17.2 Å². The van der Waals surface area contributed by atoms with E-state index in [4.69, 9.17) is 0 Å². The van der Waals surface area contributed by atoms with Gasteiger partial charge in [-0.15, -0.1) is 0 Å². The van der Waals surface area contributed by atoms with Gasteiger partial charge in [-0.25, -0.2) is 4.98 Å². The first-order valence-electron chi connectivity index (χ1n) is 7.50. The van der Waals surface area contributed by atoms with Gasteiger partial charge in [0.05, 0.1) is 5.69 Å². The van der Waals surface area contributed by atoms with E-state index in [0.717, 1.165) is 5.82 Å². The van der Waals surface area contributed by atoms with Crippen molar-refractivity contribution in [3.05, 3.63) is 48.2 Å². The number of aryl methyl sites for hydroxylation is 1. The van der Waals surface area contributed by atoms with Gasteiger partial charge in [-0.05, 0) is 58.4 Å². The van der Waals surface area contributed by atoms with Gasteiger partial charge in [-0.3, -0.25) is 0 Å². The fourth-order valence-corrected chi connectivity index (χ4v) is 3.30. The van der Waals surface area contributed by atoms with Crippen molar-refractivity contribution in [3.8, 4) is 0 Å². The number of benzene rings is 1. The normalized spacial score (nSPS) is 18.0. The van der Waals surface area contributed by atoms with Gasteiger partial charge in [0.15, 0.2) is 5.82 Å². The first-order chi connectivity index (χ1) is 9.91. The lowest BCUT2D eigenvalue weighted by Gasteiger charge is -2.39. The number of rotatable bonds is 1. The second kappa shape index (κ2) is 4.76. The van der Waals surface area contributed by atoms with Crippen molar-refractivity contribution >= 4 is 17.2 Å². The van der Waals surface area contributed by atoms with Crippen LogP contribution in [0, 0.1) is 6.92 Å². The molecule has 0 spiro atoms. The molecule has 0 unspecified atom stereocenters. The average Bonchev–Trinajstić information content (AvgIpc) is 2.71. The zero-order valence-electron chi connectivity index (χ0n) is 13.5. The molecule has 1 aromatic heterocycles. The van der Waals surface area contributed by atoms with Gasteiger partial charge in [0.1, 0.15) is 6.17 Å². The smallest absolute Gasteiger partial charge is 0.154 e. The van der Waals surface area contributed by atoms with E-state index in [2.05, 4.69) is 79.7 Å². The predicted octanol–water partition coefficient (Wildman–Crippen LogP) is 4.49. The summed E-state index contributed by atoms with van der Waals surface area (Å²) in [7, 11) is 0. The number of hydrogen-bond donors (Lipinski definition) is 0. The maximum absolute atomic E-state index is 4.65. The highest BCUT2D eigenvalue weighted by molar-refractivity contribution is 5.82. The Bertz CT molecular complexity index is 658. The first-order valence-corrected chi connectivity index (χ1v) is 7.50. The van der Waals surface area contributed by atoms with E-state index < -0.39 is 0 Å². The molecule has 0 aliphatic carbocycles. The van der Waals surface area contributed by atoms with Crippen LogP contribution in [0.3, 0.4) is 0 Å². The van der Waals surface area contributed by atoms with E-state index >= 15 is 0 Å². The van der Waals surface area contributed by atoms with Crippen LogP contribution < -0.4 is 9.80 Å². The van der Waals surface area contributed by atoms with Crippen LogP contribution in [0.2, 0.25) is 0 Å². The van der Waals surface area contributed by atoms with Crippen molar-refractivity contribution in [2.45, 2.75) is 46.3 Å². The SMILES string of the molecule is Cc1ccccc1N1c2cccnc2N(C(C)(C)C)[C@@H]1C. The molecule has 21 heavy (non-hydrogen) atoms. The Labute approximate surface area is 127 Å². The van der Waals surface area contributed by atoms with Gasteiger partial charge in [-0.2, -0.15) is 0 Å². The van der Waals surface area contributed by atoms with E-state index in [9.17, 15) is 0 Å². The molecule has 3 rings (SSSR count). The summed E-state index contributed by atoms with van der Waals surface area (Å²) in [5, 5.41) is 0. The topological polar surface area (TPSA) is 19.4 Å². The minimum atomic E-state index is 0.0277. The lowest BCUT2D eigenvalue weighted by Crippen LogP contribution is -2.49. The molecule has 0 radical (unpaired) electrons. The minimum Gasteiger partial charge on any atom is -0.329 e. The zero-order chi connectivity index (χ0) is 15.2. The largest absolute Gasteiger partial charge is 0.329 e. The molecule has 1 atom stereocenters. The highest BCUT2D eigenvalue weighted by Crippen LogP contribution is 2.46. The Kier molecular flexibility index (Phi) is 3.16. The molecule has 2 aromatic rings. The lowest BCUT2D eigenvalue weighted by molar-refractivity contribution is 0.465. The number of para-hydroxylation sites is 1. The summed E-state index contributed by atoms with van der Waals surface area (Å²) in [5.41, 5.74) is 3.76. The molecule has 2 heterocycles. The molecule has 1 aliphatic rings. The molecule has 1 aromatic carbocycles. The van der Waals surface area contributed by atoms with Crippen LogP contribution in [0.1, 0.15) is 33.3 Å². The zero-order valence-corrected chi connectivity index (χ0v) is 13.5. The van der Waals surface area contributed by atoms with Gasteiger partial charge in [-0.1, -0.05) is 18.2 Å². The third-order valence-corrected chi connectivity index (χ3v) is 4.10. The third-order valence-electron chi connectivity index (χ3n) is 4.10. The number of anilines is 3. The number of aromatic nitrogens is 1. The van der Waals surface area contributed by atoms with Crippen LogP contribution in [-0.4, -0.2) is 16.7 Å². The van der Waals surface area contributed by atoms with Crippen LogP contribution in [0.5, 0.6) is 0 Å². The van der Waals surface area contributed by atoms with E-state index in [1.807, 2.05) is 12.3 Å². The number of fused-ring (bicyclic) bond motifs is 1. The fraction of sp³-hybridized carbons (Fsp3) is 0.389. The van der Waals surface area contributed by atoms with E-state index in [1.54, 1.807) is 0 Å². The van der Waals surface area contributed by atoms with Gasteiger partial charge in [0, 0.05) is 17.4 Å². The maximum atomic E-state index is 4.65. The average molecular weight is 281 g/mol. The molecule has 0 saturated carbocycles. The predicted molar refractivity (Wildman–Crippen MR) is 89.2 cm³/mol. The molecule has 0 fully saturated rings. The van der Waals surface area contributed by atoms with Crippen LogP contribution in [-0.2, 0) is 0 Å². The fourth-order valence-electron chi connectivity index (χ4n) is 3.30. The summed E-state index contributed by atoms with van der Waals surface area (Å²) in [6.45, 7) is 11.1. The quantitative estimate of drug-likeness (QED) is 0.767. The second-order valence-corrected chi connectivity index (χ2v) is 6.68. The van der Waals surface area contributed by atoms with Crippen molar-refractivity contribution in [2.75, 3.05) is 9.80 Å². The van der Waals surface area contributed by atoms with Gasteiger partial charge in [0.25, 0.3) is 0 Å². The Morgan fingerprint density at radius 3 is 2.33 bits per heavy atom. The van der Waals surface area contributed by atoms with Crippen molar-refractivity contribution in [2.24, 2.45) is 0 Å². The van der Waals surface area contributed by atoms with Gasteiger partial charge < -0.3 is 9.80 Å². The summed E-state index contributed by atoms with van der Waals surface area (Å²) in [6, 6.07) is 12.7. The molecule has 1 aliphatic heterocycles. The van der Waals surface area contributed by atoms with E-state index in [1.165, 1.54) is 16.9 Å². The minimum absolute atomic E-state index is 0.0277. The van der Waals surface area contributed by atoms with Crippen molar-refractivity contribution in [3.63, 3.8) is 0 Å². The monoisotopic (exact) mass is 281 g/mol. The van der Waals surface area contributed by atoms with Crippen LogP contribution in [0.15, 0.2) is 42.6 Å². The third kappa shape index (κ3) is 2.17. The molecular weight excluding hydrogens is 258 g/mol. The standard InChI is InChI=1S/C18H23N3/c1-13-9-6-7-10-15(13)20-14(2)21(18(3,4)5)17-16(20)11-8-12-19-17/h6-12,14H,1-5H3/t14-/m1/s1. The molecule has 3 nitrogen and oxygen atoms in total. The number of nitrogens with zero attached hydrogens (tertiary/aromatic N) is 3. The summed E-state index contributed by atoms with van der Waals surface area (Å²) in [4.78, 5) is 9.44. The Morgan fingerprint density at radius 2 is 1.67 bits per heavy atom. The summed E-state index contributed by atoms with van der Waals surface area (Å²) >= 11 is 0. The molecule has 110 valence electrons. The van der Waals surface area contributed by atoms with E-state index in [0.29, 0.717) is 0 Å². The Hall–Kier alpha value is -2.03. The number of pyridine rings is 1. The molecular formula is C18H23N3. The highest BCUT2D eigenvalue weighted by atomic mass is 15.5. The van der Waals surface area contributed by atoms with Crippen LogP contribution >= 0.6 is 0 Å². The summed E-state index contributed by atoms with van der Waals surface area (Å²) in [6.07, 6.45) is 2.13. The number of hydrogen-bond acceptors (Lipinski definition) is 3. The van der Waals surface area contributed by atoms with Crippen LogP contribution in [0.25, 0.3) is 0 Å². The molecule has 0 saturated heterocycles. The maximum Gasteiger partial charge on any atom is 0.154 e. The molecule has 0 N–H and O–H groups in total. The second-order valence-electron chi connectivity index (χ2n) is 6.68. The van der Waals surface area contributed by atoms with E-state index in [-0.39, 0.29) is 11.7 Å². The summed E-state index contributed by atoms with van der Waals surface area (Å²) in [5.74, 6) is 1.07. The highest BCUT2D eigenvalue weighted by Gasteiger charge is 2.40. The molecule has 3 heteroatoms. The molecule has 0 bridgehead atoms. The van der Waals surface area contributed by atoms with Crippen molar-refractivity contribution in [1.29, 1.82) is 0 Å². The molecule has 0 amide bonds. The van der Waals surface area contributed by atoms with Crippen molar-refractivity contribution in [1.82, 2.24) is 4.98 Å². The Balaban J connectivity index is 2.18. The Morgan fingerprint density at radius 1 is 1.00 bits per heavy atom. The van der Waals surface area contributed by atoms with Gasteiger partial charge >= 0.3 is 0 Å². The first kappa shape index (κ1) is 13.9. The van der Waals surface area contributed by atoms with Gasteiger partial charge in [0.2, 0.25) is 0 Å². The van der Waals surface area contributed by atoms with Crippen molar-refractivity contribution < 1.29 is 0 Å². The lowest BCUT2D eigenvalue weighted by atomic mass is 10.1.